The Kier molecular flexibility index (Phi) is 2.33. The SMILES string of the molecule is CC(=O)c1ccc(Cl)c(O)c1F. The van der Waals surface area contributed by atoms with Crippen molar-refractivity contribution >= 4 is 17.4 Å². The van der Waals surface area contributed by atoms with Gasteiger partial charge < -0.3 is 5.11 Å². The quantitative estimate of drug-likeness (QED) is 0.687. The first-order valence-corrected chi connectivity index (χ1v) is 3.59. The van der Waals surface area contributed by atoms with Crippen molar-refractivity contribution in [2.75, 3.05) is 0 Å². The van der Waals surface area contributed by atoms with E-state index in [0.717, 1.165) is 0 Å². The summed E-state index contributed by atoms with van der Waals surface area (Å²) in [6.07, 6.45) is 0. The molecule has 0 radical (unpaired) electrons. The van der Waals surface area contributed by atoms with Gasteiger partial charge in [0.1, 0.15) is 0 Å². The Hall–Kier alpha value is -1.09. The molecule has 0 fully saturated rings. The number of ketones is 1. The molecule has 12 heavy (non-hydrogen) atoms. The number of carbonyl (C=O) groups excluding carboxylic acids is 1. The van der Waals surface area contributed by atoms with Crippen LogP contribution in [0.15, 0.2) is 12.1 Å². The van der Waals surface area contributed by atoms with Crippen molar-refractivity contribution in [2.24, 2.45) is 0 Å². The van der Waals surface area contributed by atoms with Gasteiger partial charge in [0.2, 0.25) is 0 Å². The molecule has 0 aromatic heterocycles. The first-order chi connectivity index (χ1) is 5.54. The second-order valence-electron chi connectivity index (χ2n) is 2.31. The molecule has 0 spiro atoms. The second-order valence-corrected chi connectivity index (χ2v) is 2.72. The fraction of sp³-hybridized carbons (Fsp3) is 0.125. The molecule has 4 heteroatoms. The Morgan fingerprint density at radius 2 is 2.17 bits per heavy atom. The number of benzene rings is 1. The van der Waals surface area contributed by atoms with Gasteiger partial charge in [0.15, 0.2) is 17.3 Å². The van der Waals surface area contributed by atoms with Crippen LogP contribution in [0.3, 0.4) is 0 Å². The number of Topliss-reactive ketones (excluding diaryl/α,β-unsaturated/α-hetero) is 1. The number of carbonyl (C=O) groups is 1. The summed E-state index contributed by atoms with van der Waals surface area (Å²) in [5, 5.41) is 8.88. The molecule has 1 N–H and O–H groups in total. The summed E-state index contributed by atoms with van der Waals surface area (Å²) in [6.45, 7) is 1.21. The van der Waals surface area contributed by atoms with Gasteiger partial charge in [-0.15, -0.1) is 0 Å². The Bertz CT molecular complexity index is 336. The molecule has 0 heterocycles. The van der Waals surface area contributed by atoms with E-state index in [1.54, 1.807) is 0 Å². The van der Waals surface area contributed by atoms with E-state index in [9.17, 15) is 9.18 Å². The Labute approximate surface area is 73.6 Å². The topological polar surface area (TPSA) is 37.3 Å². The summed E-state index contributed by atoms with van der Waals surface area (Å²) < 4.78 is 13.0. The molecule has 0 unspecified atom stereocenters. The minimum atomic E-state index is -0.963. The fourth-order valence-electron chi connectivity index (χ4n) is 0.813. The van der Waals surface area contributed by atoms with Crippen LogP contribution in [-0.4, -0.2) is 10.9 Å². The average molecular weight is 189 g/mol. The third-order valence-electron chi connectivity index (χ3n) is 1.45. The van der Waals surface area contributed by atoms with Gasteiger partial charge in [-0.3, -0.25) is 4.79 Å². The predicted octanol–water partition coefficient (Wildman–Crippen LogP) is 2.39. The van der Waals surface area contributed by atoms with Gasteiger partial charge in [0.05, 0.1) is 10.6 Å². The van der Waals surface area contributed by atoms with E-state index in [0.29, 0.717) is 0 Å². The lowest BCUT2D eigenvalue weighted by molar-refractivity contribution is 0.101. The maximum absolute atomic E-state index is 13.0. The van der Waals surface area contributed by atoms with E-state index in [1.807, 2.05) is 0 Å². The van der Waals surface area contributed by atoms with Crippen molar-refractivity contribution in [3.63, 3.8) is 0 Å². The van der Waals surface area contributed by atoms with E-state index >= 15 is 0 Å². The smallest absolute Gasteiger partial charge is 0.177 e. The first kappa shape index (κ1) is 9.00. The lowest BCUT2D eigenvalue weighted by atomic mass is 10.1. The minimum absolute atomic E-state index is 0.0995. The maximum Gasteiger partial charge on any atom is 0.177 e. The Morgan fingerprint density at radius 3 is 2.67 bits per heavy atom. The van der Waals surface area contributed by atoms with Crippen LogP contribution in [0.4, 0.5) is 4.39 Å². The zero-order chi connectivity index (χ0) is 9.30. The van der Waals surface area contributed by atoms with Gasteiger partial charge in [-0.2, -0.15) is 0 Å². The summed E-state index contributed by atoms with van der Waals surface area (Å²) in [5.41, 5.74) is -0.156. The van der Waals surface area contributed by atoms with Crippen LogP contribution >= 0.6 is 11.6 Å². The highest BCUT2D eigenvalue weighted by atomic mass is 35.5. The molecule has 1 aromatic rings. The number of aromatic hydroxyl groups is 1. The third-order valence-corrected chi connectivity index (χ3v) is 1.75. The molecule has 1 rings (SSSR count). The number of hydrogen-bond donors (Lipinski definition) is 1. The molecule has 0 atom stereocenters. The van der Waals surface area contributed by atoms with Crippen molar-refractivity contribution in [2.45, 2.75) is 6.92 Å². The number of rotatable bonds is 1. The molecule has 64 valence electrons. The predicted molar refractivity (Wildman–Crippen MR) is 43.1 cm³/mol. The van der Waals surface area contributed by atoms with Crippen LogP contribution in [0.2, 0.25) is 5.02 Å². The minimum Gasteiger partial charge on any atom is -0.504 e. The lowest BCUT2D eigenvalue weighted by Gasteiger charge is -2.01. The average Bonchev–Trinajstić information content (AvgIpc) is 2.00. The molecule has 0 saturated heterocycles. The van der Waals surface area contributed by atoms with Crippen LogP contribution in [0.5, 0.6) is 5.75 Å². The van der Waals surface area contributed by atoms with Gasteiger partial charge in [-0.25, -0.2) is 4.39 Å². The lowest BCUT2D eigenvalue weighted by Crippen LogP contribution is -1.96. The van der Waals surface area contributed by atoms with E-state index < -0.39 is 17.3 Å². The van der Waals surface area contributed by atoms with Gasteiger partial charge in [0.25, 0.3) is 0 Å². The Morgan fingerprint density at radius 1 is 1.58 bits per heavy atom. The highest BCUT2D eigenvalue weighted by Crippen LogP contribution is 2.28. The largest absolute Gasteiger partial charge is 0.504 e. The highest BCUT2D eigenvalue weighted by molar-refractivity contribution is 6.32. The standard InChI is InChI=1S/C8H6ClFO2/c1-4(11)5-2-3-6(9)8(12)7(5)10/h2-3,12H,1H3. The molecule has 1 aromatic carbocycles. The molecule has 0 bridgehead atoms. The first-order valence-electron chi connectivity index (χ1n) is 3.22. The maximum atomic E-state index is 13.0. The molecule has 0 aliphatic carbocycles. The fourth-order valence-corrected chi connectivity index (χ4v) is 0.959. The van der Waals surface area contributed by atoms with Crippen LogP contribution in [-0.2, 0) is 0 Å². The Balaban J connectivity index is 3.36. The summed E-state index contributed by atoms with van der Waals surface area (Å²) in [4.78, 5) is 10.7. The zero-order valence-electron chi connectivity index (χ0n) is 6.27. The zero-order valence-corrected chi connectivity index (χ0v) is 7.02. The molecule has 0 aliphatic heterocycles. The van der Waals surface area contributed by atoms with E-state index in [2.05, 4.69) is 0 Å². The second kappa shape index (κ2) is 3.11. The monoisotopic (exact) mass is 188 g/mol. The number of phenolic OH excluding ortho intramolecular Hbond substituents is 1. The van der Waals surface area contributed by atoms with Crippen LogP contribution in [0, 0.1) is 5.82 Å². The summed E-state index contributed by atoms with van der Waals surface area (Å²) in [7, 11) is 0. The number of phenols is 1. The third kappa shape index (κ3) is 1.41. The normalized spacial score (nSPS) is 9.92. The van der Waals surface area contributed by atoms with Crippen LogP contribution in [0.25, 0.3) is 0 Å². The van der Waals surface area contributed by atoms with E-state index in [4.69, 9.17) is 16.7 Å². The van der Waals surface area contributed by atoms with Crippen LogP contribution in [0.1, 0.15) is 17.3 Å². The van der Waals surface area contributed by atoms with Crippen molar-refractivity contribution in [1.29, 1.82) is 0 Å². The van der Waals surface area contributed by atoms with Crippen molar-refractivity contribution in [3.05, 3.63) is 28.5 Å². The van der Waals surface area contributed by atoms with Crippen molar-refractivity contribution < 1.29 is 14.3 Å². The van der Waals surface area contributed by atoms with Gasteiger partial charge in [-0.1, -0.05) is 11.6 Å². The molecular weight excluding hydrogens is 183 g/mol. The molecule has 0 amide bonds. The molecular formula is C8H6ClFO2. The summed E-state index contributed by atoms with van der Waals surface area (Å²) >= 11 is 5.39. The van der Waals surface area contributed by atoms with Crippen molar-refractivity contribution in [3.8, 4) is 5.75 Å². The van der Waals surface area contributed by atoms with E-state index in [-0.39, 0.29) is 10.6 Å². The van der Waals surface area contributed by atoms with Gasteiger partial charge >= 0.3 is 0 Å². The molecule has 0 aliphatic rings. The summed E-state index contributed by atoms with van der Waals surface area (Å²) in [6, 6.07) is 2.51. The van der Waals surface area contributed by atoms with Gasteiger partial charge in [0, 0.05) is 0 Å². The number of halogens is 2. The van der Waals surface area contributed by atoms with E-state index in [1.165, 1.54) is 19.1 Å². The molecule has 0 saturated carbocycles. The summed E-state index contributed by atoms with van der Waals surface area (Å²) in [5.74, 6) is -2.08. The highest BCUT2D eigenvalue weighted by Gasteiger charge is 2.13. The van der Waals surface area contributed by atoms with Gasteiger partial charge in [-0.05, 0) is 19.1 Å². The number of hydrogen-bond acceptors (Lipinski definition) is 2. The molecule has 2 nitrogen and oxygen atoms in total. The van der Waals surface area contributed by atoms with Crippen molar-refractivity contribution in [1.82, 2.24) is 0 Å². The van der Waals surface area contributed by atoms with Crippen LogP contribution < -0.4 is 0 Å².